The first-order chi connectivity index (χ1) is 11.6. The molecule has 138 valence electrons. The van der Waals surface area contributed by atoms with Gasteiger partial charge in [-0.2, -0.15) is 0 Å². The van der Waals surface area contributed by atoms with Crippen molar-refractivity contribution in [1.82, 2.24) is 10.6 Å². The van der Waals surface area contributed by atoms with Crippen molar-refractivity contribution >= 4 is 57.2 Å². The molecule has 1 aromatic heterocycles. The molecule has 0 bridgehead atoms. The van der Waals surface area contributed by atoms with Crippen molar-refractivity contribution in [2.45, 2.75) is 19.6 Å². The summed E-state index contributed by atoms with van der Waals surface area (Å²) in [7, 11) is 3.39. The molecule has 2 rings (SSSR count). The Kier molecular flexibility index (Phi) is 10.2. The second kappa shape index (κ2) is 11.6. The van der Waals surface area contributed by atoms with Crippen LogP contribution in [0.5, 0.6) is 11.5 Å². The molecule has 0 aliphatic heterocycles. The van der Waals surface area contributed by atoms with Crippen LogP contribution in [0.15, 0.2) is 45.2 Å². The molecule has 1 heterocycles. The van der Waals surface area contributed by atoms with Gasteiger partial charge in [-0.25, -0.2) is 0 Å². The van der Waals surface area contributed by atoms with Gasteiger partial charge in [0.2, 0.25) is 0 Å². The Morgan fingerprint density at radius 3 is 2.60 bits per heavy atom. The van der Waals surface area contributed by atoms with Crippen molar-refractivity contribution in [3.63, 3.8) is 0 Å². The number of nitrogens with one attached hydrogen (secondary N) is 2. The largest absolute Gasteiger partial charge is 0.493 e. The van der Waals surface area contributed by atoms with Gasteiger partial charge in [0.05, 0.1) is 20.2 Å². The average Bonchev–Trinajstić information content (AvgIpc) is 3.01. The molecule has 1 atom stereocenters. The van der Waals surface area contributed by atoms with Gasteiger partial charge in [0, 0.05) is 21.8 Å². The Hall–Kier alpha value is -1.000. The molecule has 0 saturated heterocycles. The molecule has 2 N–H and O–H groups in total. The van der Waals surface area contributed by atoms with Crippen molar-refractivity contribution in [3.05, 3.63) is 45.1 Å². The van der Waals surface area contributed by atoms with E-state index in [-0.39, 0.29) is 30.1 Å². The highest BCUT2D eigenvalue weighted by atomic mass is 127. The van der Waals surface area contributed by atoms with E-state index < -0.39 is 0 Å². The molecule has 0 amide bonds. The van der Waals surface area contributed by atoms with Crippen molar-refractivity contribution in [3.8, 4) is 11.5 Å². The quantitative estimate of drug-likeness (QED) is 0.313. The van der Waals surface area contributed by atoms with Gasteiger partial charge >= 0.3 is 0 Å². The minimum absolute atomic E-state index is 0. The lowest BCUT2D eigenvalue weighted by Gasteiger charge is -2.18. The number of methoxy groups -OCH3 is 1. The van der Waals surface area contributed by atoms with Gasteiger partial charge in [-0.15, -0.1) is 35.3 Å². The molecular formula is C17H23BrIN3O2S. The molecule has 8 heteroatoms. The van der Waals surface area contributed by atoms with Crippen LogP contribution in [0.2, 0.25) is 0 Å². The normalized spacial score (nSPS) is 12.1. The lowest BCUT2D eigenvalue weighted by atomic mass is 10.3. The minimum atomic E-state index is -0.0317. The molecule has 0 saturated carbocycles. The number of guanidine groups is 1. The number of benzene rings is 1. The summed E-state index contributed by atoms with van der Waals surface area (Å²) in [5, 5.41) is 8.62. The first kappa shape index (κ1) is 22.0. The van der Waals surface area contributed by atoms with Crippen LogP contribution in [-0.4, -0.2) is 32.8 Å². The first-order valence-corrected chi connectivity index (χ1v) is 9.26. The number of para-hydroxylation sites is 2. The van der Waals surface area contributed by atoms with Crippen LogP contribution in [0.25, 0.3) is 0 Å². The number of ether oxygens (including phenoxy) is 2. The molecule has 2 aromatic rings. The van der Waals surface area contributed by atoms with E-state index in [1.807, 2.05) is 31.2 Å². The average molecular weight is 540 g/mol. The fraction of sp³-hybridized carbons (Fsp3) is 0.353. The van der Waals surface area contributed by atoms with E-state index in [1.165, 1.54) is 4.88 Å². The number of halogens is 2. The van der Waals surface area contributed by atoms with Crippen LogP contribution < -0.4 is 20.1 Å². The summed E-state index contributed by atoms with van der Waals surface area (Å²) in [5.74, 6) is 2.21. The molecule has 0 aliphatic rings. The third-order valence-electron chi connectivity index (χ3n) is 3.23. The molecule has 0 radical (unpaired) electrons. The maximum absolute atomic E-state index is 5.92. The third kappa shape index (κ3) is 7.41. The lowest BCUT2D eigenvalue weighted by Crippen LogP contribution is -2.41. The second-order valence-corrected chi connectivity index (χ2v) is 7.03. The summed E-state index contributed by atoms with van der Waals surface area (Å²) in [6.45, 7) is 3.37. The summed E-state index contributed by atoms with van der Waals surface area (Å²) in [6.07, 6.45) is -0.0317. The monoisotopic (exact) mass is 539 g/mol. The Labute approximate surface area is 178 Å². The standard InChI is InChI=1S/C17H22BrN3O2S.HI/c1-12(23-16-7-5-4-6-15(16)22-3)9-20-17(19-2)21-10-14-8-13(18)11-24-14;/h4-8,11-12H,9-10H2,1-3H3,(H2,19,20,21);1H. The van der Waals surface area contributed by atoms with Crippen LogP contribution in [0.1, 0.15) is 11.8 Å². The molecule has 5 nitrogen and oxygen atoms in total. The predicted molar refractivity (Wildman–Crippen MR) is 119 cm³/mol. The summed E-state index contributed by atoms with van der Waals surface area (Å²) in [4.78, 5) is 5.47. The maximum Gasteiger partial charge on any atom is 0.191 e. The molecule has 0 fully saturated rings. The number of nitrogens with zero attached hydrogens (tertiary/aromatic N) is 1. The molecular weight excluding hydrogens is 517 g/mol. The summed E-state index contributed by atoms with van der Waals surface area (Å²) < 4.78 is 12.3. The third-order valence-corrected chi connectivity index (χ3v) is 4.93. The Bertz CT molecular complexity index is 681. The molecule has 1 unspecified atom stereocenters. The van der Waals surface area contributed by atoms with E-state index in [4.69, 9.17) is 9.47 Å². The van der Waals surface area contributed by atoms with Gasteiger partial charge in [-0.3, -0.25) is 4.99 Å². The Balaban J connectivity index is 0.00000312. The second-order valence-electron chi connectivity index (χ2n) is 5.12. The number of hydrogen-bond donors (Lipinski definition) is 2. The number of aliphatic imine (C=N–C) groups is 1. The van der Waals surface area contributed by atoms with Crippen LogP contribution in [0, 0.1) is 0 Å². The van der Waals surface area contributed by atoms with Gasteiger partial charge in [0.25, 0.3) is 0 Å². The number of thiophene rings is 1. The fourth-order valence-electron chi connectivity index (χ4n) is 2.05. The van der Waals surface area contributed by atoms with E-state index in [0.29, 0.717) is 6.54 Å². The zero-order valence-electron chi connectivity index (χ0n) is 14.4. The summed E-state index contributed by atoms with van der Waals surface area (Å²) >= 11 is 5.16. The maximum atomic E-state index is 5.92. The fourth-order valence-corrected chi connectivity index (χ4v) is 3.44. The summed E-state index contributed by atoms with van der Waals surface area (Å²) in [6, 6.07) is 9.73. The smallest absolute Gasteiger partial charge is 0.191 e. The zero-order valence-corrected chi connectivity index (χ0v) is 19.1. The van der Waals surface area contributed by atoms with Gasteiger partial charge in [-0.05, 0) is 41.1 Å². The minimum Gasteiger partial charge on any atom is -0.493 e. The Morgan fingerprint density at radius 1 is 1.28 bits per heavy atom. The van der Waals surface area contributed by atoms with E-state index in [1.54, 1.807) is 25.5 Å². The van der Waals surface area contributed by atoms with E-state index in [9.17, 15) is 0 Å². The van der Waals surface area contributed by atoms with Gasteiger partial charge in [0.1, 0.15) is 6.10 Å². The van der Waals surface area contributed by atoms with E-state index >= 15 is 0 Å². The predicted octanol–water partition coefficient (Wildman–Crippen LogP) is 4.27. The van der Waals surface area contributed by atoms with Crippen LogP contribution in [0.4, 0.5) is 0 Å². The van der Waals surface area contributed by atoms with Gasteiger partial charge in [0.15, 0.2) is 17.5 Å². The van der Waals surface area contributed by atoms with Crippen molar-refractivity contribution in [2.75, 3.05) is 20.7 Å². The van der Waals surface area contributed by atoms with Crippen molar-refractivity contribution < 1.29 is 9.47 Å². The number of hydrogen-bond acceptors (Lipinski definition) is 4. The zero-order chi connectivity index (χ0) is 17.4. The van der Waals surface area contributed by atoms with Gasteiger partial charge in [-0.1, -0.05) is 12.1 Å². The molecule has 0 aliphatic carbocycles. The van der Waals surface area contributed by atoms with Gasteiger partial charge < -0.3 is 20.1 Å². The van der Waals surface area contributed by atoms with Crippen LogP contribution in [-0.2, 0) is 6.54 Å². The van der Waals surface area contributed by atoms with E-state index in [0.717, 1.165) is 28.5 Å². The SMILES string of the molecule is CN=C(NCc1cc(Br)cs1)NCC(C)Oc1ccccc1OC.I. The highest BCUT2D eigenvalue weighted by Gasteiger charge is 2.09. The molecule has 1 aromatic carbocycles. The highest BCUT2D eigenvalue weighted by molar-refractivity contribution is 14.0. The van der Waals surface area contributed by atoms with Crippen LogP contribution in [0.3, 0.4) is 0 Å². The molecule has 0 spiro atoms. The topological polar surface area (TPSA) is 54.9 Å². The van der Waals surface area contributed by atoms with Crippen LogP contribution >= 0.6 is 51.2 Å². The Morgan fingerprint density at radius 2 is 2.00 bits per heavy atom. The van der Waals surface area contributed by atoms with Crippen molar-refractivity contribution in [1.29, 1.82) is 0 Å². The van der Waals surface area contributed by atoms with Crippen molar-refractivity contribution in [2.24, 2.45) is 4.99 Å². The first-order valence-electron chi connectivity index (χ1n) is 7.59. The summed E-state index contributed by atoms with van der Waals surface area (Å²) in [5.41, 5.74) is 0. The molecule has 25 heavy (non-hydrogen) atoms. The van der Waals surface area contributed by atoms with E-state index in [2.05, 4.69) is 43.0 Å². The lowest BCUT2D eigenvalue weighted by molar-refractivity contribution is 0.213. The highest BCUT2D eigenvalue weighted by Crippen LogP contribution is 2.26. The number of rotatable bonds is 7.